The first-order chi connectivity index (χ1) is 15.0. The van der Waals surface area contributed by atoms with Crippen LogP contribution in [0.5, 0.6) is 0 Å². The standard InChI is InChI=1S/C24H22Cl2O5/c1-3-13-29-22(18-5-9-20(25)10-6-18)17-28-15-16-31-24(27)23(30-14-4-2)19-7-11-21(26)12-8-19/h1-2,5-12,22-23H,13-17H2. The van der Waals surface area contributed by atoms with Gasteiger partial charge >= 0.3 is 5.97 Å². The molecule has 2 unspecified atom stereocenters. The summed E-state index contributed by atoms with van der Waals surface area (Å²) in [5.41, 5.74) is 1.47. The molecule has 7 heteroatoms. The number of rotatable bonds is 12. The molecule has 0 bridgehead atoms. The average Bonchev–Trinajstić information content (AvgIpc) is 2.77. The number of hydrogen-bond acceptors (Lipinski definition) is 5. The molecule has 162 valence electrons. The van der Waals surface area contributed by atoms with Crippen molar-refractivity contribution in [3.05, 3.63) is 69.7 Å². The summed E-state index contributed by atoms with van der Waals surface area (Å²) in [5, 5.41) is 1.16. The Labute approximate surface area is 192 Å². The molecule has 2 atom stereocenters. The minimum Gasteiger partial charge on any atom is -0.461 e. The smallest absolute Gasteiger partial charge is 0.340 e. The molecule has 31 heavy (non-hydrogen) atoms. The first-order valence-corrected chi connectivity index (χ1v) is 10.2. The minimum absolute atomic E-state index is 0.0326. The highest BCUT2D eigenvalue weighted by molar-refractivity contribution is 6.30. The molecule has 0 N–H and O–H groups in total. The van der Waals surface area contributed by atoms with E-state index in [1.165, 1.54) is 0 Å². The number of esters is 1. The van der Waals surface area contributed by atoms with Crippen LogP contribution in [0.2, 0.25) is 10.0 Å². The molecule has 0 saturated carbocycles. The third-order valence-corrected chi connectivity index (χ3v) is 4.57. The van der Waals surface area contributed by atoms with Crippen molar-refractivity contribution in [1.29, 1.82) is 0 Å². The quantitative estimate of drug-likeness (QED) is 0.262. The molecule has 0 saturated heterocycles. The van der Waals surface area contributed by atoms with E-state index in [-0.39, 0.29) is 39.1 Å². The van der Waals surface area contributed by atoms with Gasteiger partial charge in [0.2, 0.25) is 0 Å². The maximum atomic E-state index is 12.5. The van der Waals surface area contributed by atoms with Gasteiger partial charge in [0.15, 0.2) is 6.10 Å². The predicted octanol–water partition coefficient (Wildman–Crippen LogP) is 4.64. The summed E-state index contributed by atoms with van der Waals surface area (Å²) in [6, 6.07) is 13.9. The van der Waals surface area contributed by atoms with Gasteiger partial charge in [0.25, 0.3) is 0 Å². The lowest BCUT2D eigenvalue weighted by Crippen LogP contribution is -2.22. The third kappa shape index (κ3) is 8.63. The van der Waals surface area contributed by atoms with Crippen molar-refractivity contribution in [2.45, 2.75) is 12.2 Å². The van der Waals surface area contributed by atoms with E-state index in [0.717, 1.165) is 5.56 Å². The van der Waals surface area contributed by atoms with E-state index in [1.807, 2.05) is 12.1 Å². The van der Waals surface area contributed by atoms with Gasteiger partial charge in [0.05, 0.1) is 13.2 Å². The molecule has 0 fully saturated rings. The largest absolute Gasteiger partial charge is 0.461 e. The van der Waals surface area contributed by atoms with Crippen LogP contribution in [0.3, 0.4) is 0 Å². The Kier molecular flexibility index (Phi) is 11.0. The Hall–Kier alpha value is -2.51. The van der Waals surface area contributed by atoms with Crippen molar-refractivity contribution in [1.82, 2.24) is 0 Å². The SMILES string of the molecule is C#CCOC(COCCOC(=O)C(OCC#C)c1ccc(Cl)cc1)c1ccc(Cl)cc1. The van der Waals surface area contributed by atoms with Crippen molar-refractivity contribution < 1.29 is 23.7 Å². The predicted molar refractivity (Wildman–Crippen MR) is 120 cm³/mol. The topological polar surface area (TPSA) is 54.0 Å². The Bertz CT molecular complexity index is 898. The average molecular weight is 461 g/mol. The number of hydrogen-bond donors (Lipinski definition) is 0. The highest BCUT2D eigenvalue weighted by Crippen LogP contribution is 2.22. The van der Waals surface area contributed by atoms with E-state index < -0.39 is 12.1 Å². The van der Waals surface area contributed by atoms with Crippen LogP contribution < -0.4 is 0 Å². The molecular weight excluding hydrogens is 439 g/mol. The number of terminal acetylenes is 2. The lowest BCUT2D eigenvalue weighted by atomic mass is 10.1. The van der Waals surface area contributed by atoms with Crippen LogP contribution in [0.1, 0.15) is 23.3 Å². The van der Waals surface area contributed by atoms with Gasteiger partial charge < -0.3 is 18.9 Å². The van der Waals surface area contributed by atoms with Crippen LogP contribution >= 0.6 is 23.2 Å². The molecule has 0 amide bonds. The van der Waals surface area contributed by atoms with Gasteiger partial charge in [-0.2, -0.15) is 0 Å². The summed E-state index contributed by atoms with van der Waals surface area (Å²) in [7, 11) is 0. The van der Waals surface area contributed by atoms with Crippen molar-refractivity contribution in [3.8, 4) is 24.7 Å². The summed E-state index contributed by atoms with van der Waals surface area (Å²) in [6.45, 7) is 0.534. The van der Waals surface area contributed by atoms with Crippen LogP contribution in [-0.4, -0.2) is 39.0 Å². The van der Waals surface area contributed by atoms with E-state index in [2.05, 4.69) is 11.8 Å². The fourth-order valence-electron chi connectivity index (χ4n) is 2.60. The number of carbonyl (C=O) groups excluding carboxylic acids is 1. The molecule has 0 radical (unpaired) electrons. The second-order valence-electron chi connectivity index (χ2n) is 6.24. The molecule has 0 aliphatic carbocycles. The number of benzene rings is 2. The van der Waals surface area contributed by atoms with Gasteiger partial charge in [-0.05, 0) is 35.4 Å². The van der Waals surface area contributed by atoms with Gasteiger partial charge in [-0.15, -0.1) is 12.8 Å². The van der Waals surface area contributed by atoms with Crippen molar-refractivity contribution in [2.75, 3.05) is 33.0 Å². The van der Waals surface area contributed by atoms with Crippen molar-refractivity contribution in [2.24, 2.45) is 0 Å². The van der Waals surface area contributed by atoms with Crippen LogP contribution in [0.4, 0.5) is 0 Å². The molecule has 0 aromatic heterocycles. The summed E-state index contributed by atoms with van der Waals surface area (Å²) in [6.07, 6.45) is 9.20. The number of ether oxygens (including phenoxy) is 4. The Balaban J connectivity index is 1.84. The molecule has 0 heterocycles. The molecule has 2 aromatic carbocycles. The molecule has 2 aromatic rings. The van der Waals surface area contributed by atoms with Gasteiger partial charge in [-0.25, -0.2) is 4.79 Å². The second-order valence-corrected chi connectivity index (χ2v) is 7.12. The normalized spacial score (nSPS) is 12.4. The fourth-order valence-corrected chi connectivity index (χ4v) is 2.86. The van der Waals surface area contributed by atoms with E-state index >= 15 is 0 Å². The van der Waals surface area contributed by atoms with Crippen LogP contribution in [0.15, 0.2) is 48.5 Å². The molecule has 0 aliphatic heterocycles. The third-order valence-electron chi connectivity index (χ3n) is 4.07. The number of carbonyl (C=O) groups is 1. The Morgan fingerprint density at radius 1 is 0.839 bits per heavy atom. The summed E-state index contributed by atoms with van der Waals surface area (Å²) in [4.78, 5) is 12.5. The Morgan fingerprint density at radius 2 is 1.39 bits per heavy atom. The maximum absolute atomic E-state index is 12.5. The highest BCUT2D eigenvalue weighted by atomic mass is 35.5. The van der Waals surface area contributed by atoms with Crippen molar-refractivity contribution >= 4 is 29.2 Å². The zero-order valence-corrected chi connectivity index (χ0v) is 18.3. The van der Waals surface area contributed by atoms with Gasteiger partial charge in [0.1, 0.15) is 25.9 Å². The van der Waals surface area contributed by atoms with Crippen LogP contribution in [-0.2, 0) is 23.7 Å². The lowest BCUT2D eigenvalue weighted by Gasteiger charge is -2.18. The summed E-state index contributed by atoms with van der Waals surface area (Å²) < 4.78 is 22.0. The Morgan fingerprint density at radius 3 is 1.97 bits per heavy atom. The van der Waals surface area contributed by atoms with Crippen molar-refractivity contribution in [3.63, 3.8) is 0 Å². The maximum Gasteiger partial charge on any atom is 0.340 e. The van der Waals surface area contributed by atoms with E-state index in [1.54, 1.807) is 36.4 Å². The zero-order chi connectivity index (χ0) is 22.5. The van der Waals surface area contributed by atoms with Crippen LogP contribution in [0, 0.1) is 24.7 Å². The van der Waals surface area contributed by atoms with Crippen LogP contribution in [0.25, 0.3) is 0 Å². The highest BCUT2D eigenvalue weighted by Gasteiger charge is 2.23. The monoisotopic (exact) mass is 460 g/mol. The lowest BCUT2D eigenvalue weighted by molar-refractivity contribution is -0.158. The van der Waals surface area contributed by atoms with E-state index in [4.69, 9.17) is 55.0 Å². The first kappa shape index (κ1) is 24.8. The van der Waals surface area contributed by atoms with E-state index in [0.29, 0.717) is 15.6 Å². The fraction of sp³-hybridized carbons (Fsp3) is 0.292. The number of halogens is 2. The molecule has 0 aliphatic rings. The van der Waals surface area contributed by atoms with Gasteiger partial charge in [0, 0.05) is 10.0 Å². The summed E-state index contributed by atoms with van der Waals surface area (Å²) >= 11 is 11.8. The molecular formula is C24H22Cl2O5. The van der Waals surface area contributed by atoms with Gasteiger partial charge in [-0.3, -0.25) is 0 Å². The summed E-state index contributed by atoms with van der Waals surface area (Å²) in [5.74, 6) is 4.21. The van der Waals surface area contributed by atoms with E-state index in [9.17, 15) is 4.79 Å². The first-order valence-electron chi connectivity index (χ1n) is 9.40. The van der Waals surface area contributed by atoms with Gasteiger partial charge in [-0.1, -0.05) is 59.3 Å². The second kappa shape index (κ2) is 13.7. The molecule has 2 rings (SSSR count). The molecule has 5 nitrogen and oxygen atoms in total. The minimum atomic E-state index is -0.950. The zero-order valence-electron chi connectivity index (χ0n) is 16.8. The molecule has 0 spiro atoms.